The molecule has 14 heteroatoms. The van der Waals surface area contributed by atoms with E-state index in [1.165, 1.54) is 12.1 Å². The van der Waals surface area contributed by atoms with Crippen molar-refractivity contribution in [3.05, 3.63) is 82.5 Å². The highest BCUT2D eigenvalue weighted by Gasteiger charge is 2.24. The molecule has 2 aromatic carbocycles. The third kappa shape index (κ3) is 5.83. The van der Waals surface area contributed by atoms with Gasteiger partial charge >= 0.3 is 0 Å². The molecule has 2 aliphatic heterocycles. The van der Waals surface area contributed by atoms with Crippen LogP contribution in [0.4, 0.5) is 8.78 Å². The number of imidazole rings is 1. The molecule has 220 valence electrons. The van der Waals surface area contributed by atoms with Crippen molar-refractivity contribution in [3.63, 3.8) is 0 Å². The molecule has 0 aliphatic carbocycles. The zero-order valence-corrected chi connectivity index (χ0v) is 23.6. The van der Waals surface area contributed by atoms with Crippen molar-refractivity contribution < 1.29 is 18.3 Å². The largest absolute Gasteiger partial charge is 0.471 e. The fourth-order valence-corrected chi connectivity index (χ4v) is 5.37. The highest BCUT2D eigenvalue weighted by atomic mass is 35.5. The fraction of sp³-hybridized carbons (Fsp3) is 0.310. The summed E-state index contributed by atoms with van der Waals surface area (Å²) in [5, 5.41) is 14.4. The number of nitrogens with one attached hydrogen (secondary N) is 1. The van der Waals surface area contributed by atoms with Gasteiger partial charge in [-0.05, 0) is 59.2 Å². The van der Waals surface area contributed by atoms with Gasteiger partial charge in [-0.15, -0.1) is 5.10 Å². The van der Waals surface area contributed by atoms with E-state index < -0.39 is 11.6 Å². The number of ether oxygens (including phenoxy) is 2. The maximum absolute atomic E-state index is 14.4. The first-order valence-corrected chi connectivity index (χ1v) is 14.2. The summed E-state index contributed by atoms with van der Waals surface area (Å²) in [6.07, 6.45) is 4.97. The maximum Gasteiger partial charge on any atom is 0.254 e. The summed E-state index contributed by atoms with van der Waals surface area (Å²) in [6, 6.07) is 10.2. The van der Waals surface area contributed by atoms with Crippen molar-refractivity contribution in [2.24, 2.45) is 0 Å². The smallest absolute Gasteiger partial charge is 0.254 e. The second-order valence-electron chi connectivity index (χ2n) is 10.5. The highest BCUT2D eigenvalue weighted by molar-refractivity contribution is 6.30. The number of rotatable bonds is 9. The minimum atomic E-state index is -0.715. The van der Waals surface area contributed by atoms with E-state index in [9.17, 15) is 8.78 Å². The summed E-state index contributed by atoms with van der Waals surface area (Å²) in [7, 11) is 0. The average Bonchev–Trinajstić information content (AvgIpc) is 3.64. The second kappa shape index (κ2) is 11.7. The minimum absolute atomic E-state index is 0.172. The molecule has 1 N–H and O–H groups in total. The van der Waals surface area contributed by atoms with Crippen LogP contribution in [-0.2, 0) is 24.4 Å². The molecule has 43 heavy (non-hydrogen) atoms. The zero-order valence-electron chi connectivity index (χ0n) is 22.9. The standard InChI is InChI=1S/C29H26ClF2N9O2/c30-20-3-1-19(22(31)12-20)16-43-29-23(32)13-33-27(35-29)17-5-8-40(9-6-17)15-26-34-24-11-18(28-36-38-39-37-28)2-4-25(24)41(26)14-21-7-10-42-21/h1-5,11-13,21H,6-10,14-16H2,(H,36,37,38,39). The molecular weight excluding hydrogens is 580 g/mol. The number of benzene rings is 2. The molecule has 2 aliphatic rings. The highest BCUT2D eigenvalue weighted by Crippen LogP contribution is 2.28. The van der Waals surface area contributed by atoms with Gasteiger partial charge in [0, 0.05) is 35.8 Å². The van der Waals surface area contributed by atoms with Gasteiger partial charge in [0.15, 0.2) is 11.6 Å². The predicted octanol–water partition coefficient (Wildman–Crippen LogP) is 4.60. The molecular formula is C29H26ClF2N9O2. The van der Waals surface area contributed by atoms with E-state index in [-0.39, 0.29) is 29.2 Å². The lowest BCUT2D eigenvalue weighted by molar-refractivity contribution is -0.0591. The Labute approximate surface area is 249 Å². The number of halogens is 3. The molecule has 0 saturated carbocycles. The van der Waals surface area contributed by atoms with E-state index in [4.69, 9.17) is 26.1 Å². The van der Waals surface area contributed by atoms with Gasteiger partial charge in [-0.3, -0.25) is 4.90 Å². The van der Waals surface area contributed by atoms with Crippen molar-refractivity contribution >= 4 is 28.2 Å². The van der Waals surface area contributed by atoms with Gasteiger partial charge in [-0.1, -0.05) is 23.7 Å². The number of H-pyrrole nitrogens is 1. The zero-order chi connectivity index (χ0) is 29.3. The first-order valence-electron chi connectivity index (χ1n) is 13.9. The molecule has 1 fully saturated rings. The third-order valence-electron chi connectivity index (χ3n) is 7.66. The lowest BCUT2D eigenvalue weighted by Gasteiger charge is -2.29. The van der Waals surface area contributed by atoms with Gasteiger partial charge < -0.3 is 14.0 Å². The van der Waals surface area contributed by atoms with Crippen LogP contribution >= 0.6 is 11.6 Å². The number of aromatic nitrogens is 8. The van der Waals surface area contributed by atoms with Gasteiger partial charge in [-0.2, -0.15) is 9.37 Å². The lowest BCUT2D eigenvalue weighted by atomic mass is 10.1. The average molecular weight is 606 g/mol. The number of aromatic amines is 1. The SMILES string of the molecule is Fc1cc(Cl)ccc1COc1nc(C2=CCN(Cc3nc4cc(-c5nnn[nH]5)ccc4n3CC3CCO3)CC2)ncc1F. The molecule has 1 saturated heterocycles. The van der Waals surface area contributed by atoms with Crippen LogP contribution in [-0.4, -0.2) is 70.8 Å². The van der Waals surface area contributed by atoms with Gasteiger partial charge in [0.25, 0.3) is 5.88 Å². The van der Waals surface area contributed by atoms with Gasteiger partial charge in [0.2, 0.25) is 5.82 Å². The number of fused-ring (bicyclic) bond motifs is 1. The number of tetrazole rings is 1. The van der Waals surface area contributed by atoms with E-state index in [0.29, 0.717) is 31.2 Å². The Morgan fingerprint density at radius 1 is 1.12 bits per heavy atom. The quantitative estimate of drug-likeness (QED) is 0.257. The Kier molecular flexibility index (Phi) is 7.51. The van der Waals surface area contributed by atoms with Crippen molar-refractivity contribution in [1.29, 1.82) is 0 Å². The summed E-state index contributed by atoms with van der Waals surface area (Å²) < 4.78 is 42.1. The van der Waals surface area contributed by atoms with Crippen LogP contribution in [0, 0.1) is 11.6 Å². The predicted molar refractivity (Wildman–Crippen MR) is 153 cm³/mol. The Balaban J connectivity index is 1.07. The van der Waals surface area contributed by atoms with E-state index in [1.807, 2.05) is 24.3 Å². The Morgan fingerprint density at radius 2 is 2.02 bits per heavy atom. The van der Waals surface area contributed by atoms with Crippen LogP contribution in [0.25, 0.3) is 28.0 Å². The van der Waals surface area contributed by atoms with E-state index in [0.717, 1.165) is 60.3 Å². The van der Waals surface area contributed by atoms with E-state index >= 15 is 0 Å². The summed E-state index contributed by atoms with van der Waals surface area (Å²) in [6.45, 7) is 3.33. The van der Waals surface area contributed by atoms with Crippen molar-refractivity contribution in [2.75, 3.05) is 19.7 Å². The monoisotopic (exact) mass is 605 g/mol. The first kappa shape index (κ1) is 27.5. The van der Waals surface area contributed by atoms with Crippen LogP contribution < -0.4 is 4.74 Å². The molecule has 7 rings (SSSR count). The van der Waals surface area contributed by atoms with Gasteiger partial charge in [0.05, 0.1) is 36.4 Å². The molecule has 0 spiro atoms. The maximum atomic E-state index is 14.4. The summed E-state index contributed by atoms with van der Waals surface area (Å²) in [5.41, 5.74) is 3.89. The first-order chi connectivity index (χ1) is 21.0. The molecule has 1 atom stereocenters. The summed E-state index contributed by atoms with van der Waals surface area (Å²) in [4.78, 5) is 15.8. The Hall–Kier alpha value is -4.33. The topological polar surface area (TPSA) is 120 Å². The van der Waals surface area contributed by atoms with Gasteiger partial charge in [0.1, 0.15) is 18.2 Å². The van der Waals surface area contributed by atoms with Crippen LogP contribution in [0.2, 0.25) is 5.02 Å². The summed E-state index contributed by atoms with van der Waals surface area (Å²) in [5.74, 6) is 0.444. The van der Waals surface area contributed by atoms with Gasteiger partial charge in [-0.25, -0.2) is 19.5 Å². The van der Waals surface area contributed by atoms with E-state index in [1.54, 1.807) is 6.07 Å². The fourth-order valence-electron chi connectivity index (χ4n) is 5.22. The number of nitrogens with zero attached hydrogens (tertiary/aromatic N) is 8. The molecule has 3 aromatic heterocycles. The molecule has 5 aromatic rings. The van der Waals surface area contributed by atoms with Crippen LogP contribution in [0.15, 0.2) is 48.7 Å². The normalized spacial score (nSPS) is 17.2. The van der Waals surface area contributed by atoms with E-state index in [2.05, 4.69) is 40.1 Å². The molecule has 0 amide bonds. The van der Waals surface area contributed by atoms with Crippen molar-refractivity contribution in [1.82, 2.24) is 45.0 Å². The van der Waals surface area contributed by atoms with Crippen molar-refractivity contribution in [3.8, 4) is 17.3 Å². The molecule has 11 nitrogen and oxygen atoms in total. The van der Waals surface area contributed by atoms with Crippen LogP contribution in [0.3, 0.4) is 0 Å². The second-order valence-corrected chi connectivity index (χ2v) is 10.9. The van der Waals surface area contributed by atoms with Crippen molar-refractivity contribution in [2.45, 2.75) is 38.6 Å². The molecule has 1 unspecified atom stereocenters. The molecule has 5 heterocycles. The molecule has 0 radical (unpaired) electrons. The summed E-state index contributed by atoms with van der Waals surface area (Å²) >= 11 is 5.81. The van der Waals surface area contributed by atoms with Crippen LogP contribution in [0.5, 0.6) is 5.88 Å². The van der Waals surface area contributed by atoms with Crippen LogP contribution in [0.1, 0.15) is 30.1 Å². The number of hydrogen-bond donors (Lipinski definition) is 1. The lowest BCUT2D eigenvalue weighted by Crippen LogP contribution is -2.33. The number of hydrogen-bond acceptors (Lipinski definition) is 9. The Bertz CT molecular complexity index is 1810. The third-order valence-corrected chi connectivity index (χ3v) is 7.90. The minimum Gasteiger partial charge on any atom is -0.471 e. The Morgan fingerprint density at radius 3 is 2.77 bits per heavy atom. The molecule has 0 bridgehead atoms.